The fourth-order valence-electron chi connectivity index (χ4n) is 6.05. The van der Waals surface area contributed by atoms with E-state index in [2.05, 4.69) is 20.5 Å². The number of nitrogens with one attached hydrogen (secondary N) is 2. The molecule has 1 unspecified atom stereocenters. The summed E-state index contributed by atoms with van der Waals surface area (Å²) in [6, 6.07) is 15.3. The first-order valence-corrected chi connectivity index (χ1v) is 16.0. The van der Waals surface area contributed by atoms with Gasteiger partial charge >= 0.3 is 0 Å². The van der Waals surface area contributed by atoms with Crippen LogP contribution in [0.1, 0.15) is 33.7 Å². The summed E-state index contributed by atoms with van der Waals surface area (Å²) >= 11 is 1.42. The monoisotopic (exact) mass is 639 g/mol. The number of nitrogen functional groups attached to an aromatic ring is 1. The predicted molar refractivity (Wildman–Crippen MR) is 183 cm³/mol. The number of hydrogen-bond donors (Lipinski definition) is 3. The van der Waals surface area contributed by atoms with Gasteiger partial charge in [0.1, 0.15) is 17.3 Å². The second kappa shape index (κ2) is 12.8. The Morgan fingerprint density at radius 1 is 1.13 bits per heavy atom. The highest BCUT2D eigenvalue weighted by molar-refractivity contribution is 7.18. The van der Waals surface area contributed by atoms with Crippen LogP contribution in [0.3, 0.4) is 0 Å². The molecule has 1 saturated heterocycles. The Bertz CT molecular complexity index is 1960. The number of aromatic nitrogens is 2. The van der Waals surface area contributed by atoms with Crippen molar-refractivity contribution in [2.45, 2.75) is 18.9 Å². The lowest BCUT2D eigenvalue weighted by molar-refractivity contribution is -0.130. The van der Waals surface area contributed by atoms with Gasteiger partial charge < -0.3 is 30.6 Å². The molecule has 1 atom stereocenters. The number of benzene rings is 2. The molecule has 46 heavy (non-hydrogen) atoms. The summed E-state index contributed by atoms with van der Waals surface area (Å²) in [6.45, 7) is 1.61. The minimum Gasteiger partial charge on any atom is -0.495 e. The second-order valence-electron chi connectivity index (χ2n) is 11.7. The average Bonchev–Trinajstić information content (AvgIpc) is 3.78. The number of para-hydroxylation sites is 1. The number of thiophene rings is 1. The molecule has 4 heterocycles. The molecule has 238 valence electrons. The molecule has 3 aromatic heterocycles. The quantitative estimate of drug-likeness (QED) is 0.215. The molecular weight excluding hydrogens is 602 g/mol. The van der Waals surface area contributed by atoms with Crippen molar-refractivity contribution in [2.75, 3.05) is 51.9 Å². The zero-order valence-corrected chi connectivity index (χ0v) is 27.1. The topological polar surface area (TPSA) is 135 Å². The van der Waals surface area contributed by atoms with Gasteiger partial charge in [-0.1, -0.05) is 24.3 Å². The standard InChI is InChI=1S/C34H37N7O4S/c1-39(2)29(42)18-41-13-7-9-22(41)16-37-33(43)23-17-36-32(35)30-24(19-46-31(23)30)20-11-12-25(28(15-20)45-4)38-34(44)27-14-21-8-5-6-10-26(21)40(27)3/h5-6,8,10-12,14-15,17,19,22H,7,9,13,16,18H2,1-4H3,(H2,35,36)(H,37,43)(H,38,44). The number of pyridine rings is 1. The molecule has 11 nitrogen and oxygen atoms in total. The van der Waals surface area contributed by atoms with Gasteiger partial charge in [-0.15, -0.1) is 11.3 Å². The fraction of sp³-hybridized carbons (Fsp3) is 0.294. The van der Waals surface area contributed by atoms with Crippen molar-refractivity contribution >= 4 is 61.6 Å². The third-order valence-electron chi connectivity index (χ3n) is 8.65. The number of hydrogen-bond acceptors (Lipinski definition) is 8. The van der Waals surface area contributed by atoms with Gasteiger partial charge in [-0.05, 0) is 54.6 Å². The zero-order valence-electron chi connectivity index (χ0n) is 26.3. The van der Waals surface area contributed by atoms with Gasteiger partial charge in [0.2, 0.25) is 5.91 Å². The molecule has 4 N–H and O–H groups in total. The predicted octanol–water partition coefficient (Wildman–Crippen LogP) is 4.58. The van der Waals surface area contributed by atoms with E-state index < -0.39 is 0 Å². The van der Waals surface area contributed by atoms with Crippen molar-refractivity contribution in [2.24, 2.45) is 7.05 Å². The Labute approximate surface area is 270 Å². The highest BCUT2D eigenvalue weighted by Crippen LogP contribution is 2.41. The van der Waals surface area contributed by atoms with Crippen molar-refractivity contribution in [3.05, 3.63) is 71.4 Å². The smallest absolute Gasteiger partial charge is 0.272 e. The molecule has 0 radical (unpaired) electrons. The normalized spacial score (nSPS) is 14.9. The molecule has 0 saturated carbocycles. The van der Waals surface area contributed by atoms with Crippen LogP contribution >= 0.6 is 11.3 Å². The van der Waals surface area contributed by atoms with Gasteiger partial charge in [0.25, 0.3) is 11.8 Å². The van der Waals surface area contributed by atoms with E-state index in [9.17, 15) is 14.4 Å². The van der Waals surface area contributed by atoms with Crippen molar-refractivity contribution in [1.82, 2.24) is 24.7 Å². The summed E-state index contributed by atoms with van der Waals surface area (Å²) in [7, 11) is 6.92. The zero-order chi connectivity index (χ0) is 32.5. The number of fused-ring (bicyclic) bond motifs is 2. The lowest BCUT2D eigenvalue weighted by atomic mass is 10.0. The van der Waals surface area contributed by atoms with E-state index in [1.807, 2.05) is 59.5 Å². The number of methoxy groups -OCH3 is 1. The van der Waals surface area contributed by atoms with Crippen LogP contribution in [-0.4, -0.2) is 84.0 Å². The third kappa shape index (κ3) is 5.88. The van der Waals surface area contributed by atoms with Gasteiger partial charge in [-0.3, -0.25) is 19.3 Å². The third-order valence-corrected chi connectivity index (χ3v) is 9.66. The molecular formula is C34H37N7O4S. The van der Waals surface area contributed by atoms with Gasteiger partial charge in [0.05, 0.1) is 29.6 Å². The molecule has 12 heteroatoms. The fourth-order valence-corrected chi connectivity index (χ4v) is 7.15. The van der Waals surface area contributed by atoms with Crippen molar-refractivity contribution in [3.63, 3.8) is 0 Å². The summed E-state index contributed by atoms with van der Waals surface area (Å²) in [6.07, 6.45) is 3.42. The summed E-state index contributed by atoms with van der Waals surface area (Å²) in [5, 5.41) is 9.67. The molecule has 1 aliphatic heterocycles. The Morgan fingerprint density at radius 3 is 2.70 bits per heavy atom. The second-order valence-corrected chi connectivity index (χ2v) is 12.6. The van der Waals surface area contributed by atoms with Crippen LogP contribution in [0, 0.1) is 0 Å². The van der Waals surface area contributed by atoms with E-state index in [1.54, 1.807) is 32.2 Å². The van der Waals surface area contributed by atoms with E-state index in [-0.39, 0.29) is 23.8 Å². The molecule has 1 fully saturated rings. The molecule has 5 aromatic rings. The van der Waals surface area contributed by atoms with Crippen LogP contribution in [0.2, 0.25) is 0 Å². The van der Waals surface area contributed by atoms with Crippen LogP contribution in [0.5, 0.6) is 5.75 Å². The van der Waals surface area contributed by atoms with Gasteiger partial charge in [0, 0.05) is 61.8 Å². The number of carbonyl (C=O) groups is 3. The van der Waals surface area contributed by atoms with E-state index in [0.29, 0.717) is 47.0 Å². The highest BCUT2D eigenvalue weighted by Gasteiger charge is 2.28. The van der Waals surface area contributed by atoms with Crippen LogP contribution < -0.4 is 21.1 Å². The molecule has 0 spiro atoms. The van der Waals surface area contributed by atoms with E-state index in [1.165, 1.54) is 17.5 Å². The summed E-state index contributed by atoms with van der Waals surface area (Å²) in [4.78, 5) is 47.0. The number of likely N-dealkylation sites (N-methyl/N-ethyl adjacent to an activating group) is 1. The summed E-state index contributed by atoms with van der Waals surface area (Å²) in [5.74, 6) is 0.364. The first-order chi connectivity index (χ1) is 22.2. The number of aryl methyl sites for hydroxylation is 1. The van der Waals surface area contributed by atoms with Crippen molar-refractivity contribution < 1.29 is 19.1 Å². The number of anilines is 2. The van der Waals surface area contributed by atoms with Crippen LogP contribution in [0.4, 0.5) is 11.5 Å². The van der Waals surface area contributed by atoms with Crippen molar-refractivity contribution in [3.8, 4) is 16.9 Å². The number of carbonyl (C=O) groups excluding carboxylic acids is 3. The minimum absolute atomic E-state index is 0.0469. The SMILES string of the molecule is COc1cc(-c2csc3c(C(=O)NCC4CCCN4CC(=O)N(C)C)cnc(N)c23)ccc1NC(=O)c1cc2ccccc2n1C. The Morgan fingerprint density at radius 2 is 1.93 bits per heavy atom. The molecule has 0 bridgehead atoms. The highest BCUT2D eigenvalue weighted by atomic mass is 32.1. The number of ether oxygens (including phenoxy) is 1. The number of nitrogens with two attached hydrogens (primary N) is 1. The summed E-state index contributed by atoms with van der Waals surface area (Å²) < 4.78 is 8.28. The first kappa shape index (κ1) is 31.1. The molecule has 0 aliphatic carbocycles. The Kier molecular flexibility index (Phi) is 8.65. The van der Waals surface area contributed by atoms with Gasteiger partial charge in [-0.2, -0.15) is 0 Å². The van der Waals surface area contributed by atoms with Crippen molar-refractivity contribution in [1.29, 1.82) is 0 Å². The molecule has 2 aromatic carbocycles. The lowest BCUT2D eigenvalue weighted by Gasteiger charge is -2.25. The van der Waals surface area contributed by atoms with Crippen LogP contribution in [0.25, 0.3) is 32.1 Å². The average molecular weight is 640 g/mol. The number of likely N-dealkylation sites (tertiary alicyclic amines) is 1. The number of rotatable bonds is 9. The minimum atomic E-state index is -0.250. The maximum Gasteiger partial charge on any atom is 0.272 e. The molecule has 3 amide bonds. The lowest BCUT2D eigenvalue weighted by Crippen LogP contribution is -2.44. The first-order valence-electron chi connectivity index (χ1n) is 15.1. The van der Waals surface area contributed by atoms with E-state index >= 15 is 0 Å². The number of amides is 3. The maximum absolute atomic E-state index is 13.4. The van der Waals surface area contributed by atoms with E-state index in [4.69, 9.17) is 10.5 Å². The van der Waals surface area contributed by atoms with E-state index in [0.717, 1.165) is 46.1 Å². The maximum atomic E-state index is 13.4. The molecule has 1 aliphatic rings. The van der Waals surface area contributed by atoms with Gasteiger partial charge in [0.15, 0.2) is 0 Å². The summed E-state index contributed by atoms with van der Waals surface area (Å²) in [5.41, 5.74) is 10.5. The number of nitrogens with zero attached hydrogens (tertiary/aromatic N) is 4. The van der Waals surface area contributed by atoms with Crippen LogP contribution in [-0.2, 0) is 11.8 Å². The Balaban J connectivity index is 1.22. The Hall–Kier alpha value is -4.94. The van der Waals surface area contributed by atoms with Crippen LogP contribution in [0.15, 0.2) is 60.1 Å². The molecule has 6 rings (SSSR count). The van der Waals surface area contributed by atoms with Gasteiger partial charge in [-0.25, -0.2) is 4.98 Å². The largest absolute Gasteiger partial charge is 0.495 e.